The molecular weight excluding hydrogens is 470 g/mol. The second-order valence-corrected chi connectivity index (χ2v) is 6.71. The Bertz CT molecular complexity index is 882. The third-order valence-corrected chi connectivity index (χ3v) is 4.48. The highest BCUT2D eigenvalue weighted by Crippen LogP contribution is 2.28. The molecule has 0 aromatic heterocycles. The fourth-order valence-electron chi connectivity index (χ4n) is 2.64. The van der Waals surface area contributed by atoms with Crippen LogP contribution in [0.25, 0.3) is 0 Å². The maximum atomic E-state index is 13.2. The van der Waals surface area contributed by atoms with Crippen LogP contribution in [0.4, 0.5) is 8.78 Å². The molecule has 0 radical (unpaired) electrons. The molecule has 2 aromatic rings. The van der Waals surface area contributed by atoms with E-state index in [1.807, 2.05) is 48.5 Å². The van der Waals surface area contributed by atoms with E-state index in [0.717, 1.165) is 44.2 Å². The van der Waals surface area contributed by atoms with Crippen LogP contribution in [0.1, 0.15) is 101 Å². The van der Waals surface area contributed by atoms with Crippen molar-refractivity contribution in [1.29, 1.82) is 0 Å². The Morgan fingerprint density at radius 2 is 1.28 bits per heavy atom. The van der Waals surface area contributed by atoms with Crippen LogP contribution in [0.2, 0.25) is 0 Å². The lowest BCUT2D eigenvalue weighted by molar-refractivity contribution is 0.0666. The number of rotatable bonds is 8. The monoisotopic (exact) mass is 512 g/mol. The number of carboxylic acids is 2. The first-order valence-corrected chi connectivity index (χ1v) is 12.7. The van der Waals surface area contributed by atoms with Crippen LogP contribution in [0.15, 0.2) is 36.4 Å². The summed E-state index contributed by atoms with van der Waals surface area (Å²) in [5, 5.41) is 17.6. The zero-order valence-corrected chi connectivity index (χ0v) is 22.6. The lowest BCUT2D eigenvalue weighted by Gasteiger charge is -2.27. The topological polar surface area (TPSA) is 93.1 Å². The first-order valence-electron chi connectivity index (χ1n) is 12.7. The number of halogens is 2. The summed E-state index contributed by atoms with van der Waals surface area (Å²) in [5.74, 6) is -3.89. The van der Waals surface area contributed by atoms with Gasteiger partial charge in [-0.05, 0) is 49.9 Å². The zero-order valence-electron chi connectivity index (χ0n) is 22.6. The number of benzene rings is 2. The van der Waals surface area contributed by atoms with Gasteiger partial charge in [0.1, 0.15) is 34.3 Å². The average molecular weight is 513 g/mol. The van der Waals surface area contributed by atoms with Gasteiger partial charge in [-0.2, -0.15) is 0 Å². The van der Waals surface area contributed by atoms with Crippen LogP contribution in [0, 0.1) is 11.6 Å². The summed E-state index contributed by atoms with van der Waals surface area (Å²) >= 11 is 0. The molecule has 0 amide bonds. The van der Waals surface area contributed by atoms with Crippen LogP contribution in [0.3, 0.4) is 0 Å². The van der Waals surface area contributed by atoms with Gasteiger partial charge < -0.3 is 19.7 Å². The second kappa shape index (κ2) is 21.1. The minimum atomic E-state index is -1.31. The predicted octanol–water partition coefficient (Wildman–Crippen LogP) is 8.24. The van der Waals surface area contributed by atoms with E-state index in [4.69, 9.17) is 19.7 Å². The van der Waals surface area contributed by atoms with Gasteiger partial charge in [-0.15, -0.1) is 0 Å². The van der Waals surface area contributed by atoms with Gasteiger partial charge in [0.2, 0.25) is 0 Å². The number of aromatic carboxylic acids is 2. The Hall–Kier alpha value is -3.16. The second-order valence-electron chi connectivity index (χ2n) is 6.71. The third-order valence-electron chi connectivity index (χ3n) is 4.48. The highest BCUT2D eigenvalue weighted by Gasteiger charge is 2.23. The molecule has 6 nitrogen and oxygen atoms in total. The Morgan fingerprint density at radius 3 is 1.67 bits per heavy atom. The summed E-state index contributed by atoms with van der Waals surface area (Å²) in [4.78, 5) is 21.6. The zero-order chi connectivity index (χ0) is 28.1. The van der Waals surface area contributed by atoms with Gasteiger partial charge in [0.05, 0.1) is 12.7 Å². The quantitative estimate of drug-likeness (QED) is 0.346. The normalized spacial score (nSPS) is 11.2. The molecule has 0 bridgehead atoms. The van der Waals surface area contributed by atoms with E-state index in [1.165, 1.54) is 24.3 Å². The molecule has 1 aliphatic carbocycles. The molecule has 8 heteroatoms. The van der Waals surface area contributed by atoms with Crippen molar-refractivity contribution in [3.05, 3.63) is 59.2 Å². The van der Waals surface area contributed by atoms with E-state index in [0.29, 0.717) is 6.61 Å². The molecule has 0 unspecified atom stereocenters. The van der Waals surface area contributed by atoms with Crippen molar-refractivity contribution in [2.24, 2.45) is 0 Å². The van der Waals surface area contributed by atoms with Crippen molar-refractivity contribution >= 4 is 11.9 Å². The maximum absolute atomic E-state index is 13.2. The fraction of sp³-hybridized carbons (Fsp3) is 0.500. The maximum Gasteiger partial charge on any atom is 0.342 e. The van der Waals surface area contributed by atoms with E-state index in [9.17, 15) is 18.4 Å². The predicted molar refractivity (Wildman–Crippen MR) is 139 cm³/mol. The van der Waals surface area contributed by atoms with Crippen molar-refractivity contribution in [1.82, 2.24) is 0 Å². The van der Waals surface area contributed by atoms with Crippen LogP contribution in [0.5, 0.6) is 11.5 Å². The van der Waals surface area contributed by atoms with Gasteiger partial charge in [-0.25, -0.2) is 18.4 Å². The van der Waals surface area contributed by atoms with Gasteiger partial charge in [0.25, 0.3) is 0 Å². The average Bonchev–Trinajstić information content (AvgIpc) is 2.85. The summed E-state index contributed by atoms with van der Waals surface area (Å²) in [6.07, 6.45) is 4.71. The number of unbranched alkanes of at least 4 members (excludes halogenated alkanes) is 1. The van der Waals surface area contributed by atoms with Gasteiger partial charge in [-0.3, -0.25) is 0 Å². The molecule has 0 spiro atoms. The van der Waals surface area contributed by atoms with E-state index < -0.39 is 29.1 Å². The number of ether oxygens (including phenoxy) is 2. The Morgan fingerprint density at radius 1 is 0.833 bits per heavy atom. The molecule has 1 aliphatic rings. The summed E-state index contributed by atoms with van der Waals surface area (Å²) in [6.45, 7) is 14.4. The summed E-state index contributed by atoms with van der Waals surface area (Å²) in [5.41, 5.74) is -0.766. The summed E-state index contributed by atoms with van der Waals surface area (Å²) < 4.78 is 37.0. The first-order chi connectivity index (χ1) is 17.3. The highest BCUT2D eigenvalue weighted by molar-refractivity contribution is 5.91. The van der Waals surface area contributed by atoms with Gasteiger partial charge in [0, 0.05) is 0 Å². The molecule has 2 N–H and O–H groups in total. The molecule has 36 heavy (non-hydrogen) atoms. The summed E-state index contributed by atoms with van der Waals surface area (Å²) in [7, 11) is 0. The van der Waals surface area contributed by atoms with Gasteiger partial charge in [0.15, 0.2) is 0 Å². The first kappa shape index (κ1) is 35.0. The van der Waals surface area contributed by atoms with Crippen molar-refractivity contribution in [2.45, 2.75) is 86.7 Å². The molecule has 1 saturated carbocycles. The molecule has 3 rings (SSSR count). The third kappa shape index (κ3) is 12.0. The SMILES string of the molecule is CC.CC.CC.CCCCOc1cccc(F)c1C(=O)O.O=C(O)c1c(F)cccc1OC1CCC1. The number of carboxylic acid groups (broad SMARTS) is 2. The molecule has 204 valence electrons. The fourth-order valence-corrected chi connectivity index (χ4v) is 2.64. The van der Waals surface area contributed by atoms with Crippen LogP contribution >= 0.6 is 0 Å². The van der Waals surface area contributed by atoms with Crippen LogP contribution in [-0.4, -0.2) is 34.9 Å². The Kier molecular flexibility index (Phi) is 20.6. The van der Waals surface area contributed by atoms with E-state index >= 15 is 0 Å². The Labute approximate surface area is 214 Å². The number of carbonyl (C=O) groups is 2. The number of hydrogen-bond donors (Lipinski definition) is 2. The van der Waals surface area contributed by atoms with Crippen molar-refractivity contribution in [2.75, 3.05) is 6.61 Å². The van der Waals surface area contributed by atoms with E-state index in [2.05, 4.69) is 0 Å². The molecule has 1 fully saturated rings. The molecule has 0 heterocycles. The minimum absolute atomic E-state index is 0.0462. The molecule has 0 aliphatic heterocycles. The van der Waals surface area contributed by atoms with Crippen molar-refractivity contribution < 1.29 is 38.1 Å². The summed E-state index contributed by atoms with van der Waals surface area (Å²) in [6, 6.07) is 8.07. The highest BCUT2D eigenvalue weighted by atomic mass is 19.1. The van der Waals surface area contributed by atoms with Crippen molar-refractivity contribution in [3.8, 4) is 11.5 Å². The lowest BCUT2D eigenvalue weighted by Crippen LogP contribution is -2.25. The molecule has 0 saturated heterocycles. The van der Waals surface area contributed by atoms with E-state index in [1.54, 1.807) is 0 Å². The molecule has 2 aromatic carbocycles. The lowest BCUT2D eigenvalue weighted by atomic mass is 9.96. The van der Waals surface area contributed by atoms with Crippen LogP contribution in [-0.2, 0) is 0 Å². The minimum Gasteiger partial charge on any atom is -0.493 e. The standard InChI is InChI=1S/C11H11FO3.C11H13FO3.3C2H6/c12-8-5-2-6-9(10(8)11(13)14)15-7-3-1-4-7;1-2-3-7-15-9-6-4-5-8(12)10(9)11(13)14;3*1-2/h2,5-7H,1,3-4H2,(H,13,14);4-6H,2-3,7H2,1H3,(H,13,14);3*1-2H3. The van der Waals surface area contributed by atoms with Crippen LogP contribution < -0.4 is 9.47 Å². The van der Waals surface area contributed by atoms with Gasteiger partial charge in [-0.1, -0.05) is 67.0 Å². The van der Waals surface area contributed by atoms with Gasteiger partial charge >= 0.3 is 11.9 Å². The van der Waals surface area contributed by atoms with Crippen molar-refractivity contribution in [3.63, 3.8) is 0 Å². The smallest absolute Gasteiger partial charge is 0.342 e. The van der Waals surface area contributed by atoms with E-state index in [-0.39, 0.29) is 23.2 Å². The molecule has 0 atom stereocenters. The Balaban J connectivity index is 0. The number of hydrogen-bond acceptors (Lipinski definition) is 4. The molecular formula is C28H42F2O6. The largest absolute Gasteiger partial charge is 0.493 e.